The van der Waals surface area contributed by atoms with Gasteiger partial charge in [0.2, 0.25) is 17.7 Å². The number of benzene rings is 1. The Morgan fingerprint density at radius 3 is 3.00 bits per heavy atom. The fraction of sp³-hybridized carbons (Fsp3) is 0.304. The van der Waals surface area contributed by atoms with Crippen LogP contribution in [0.4, 0.5) is 17.5 Å². The quantitative estimate of drug-likeness (QED) is 0.578. The van der Waals surface area contributed by atoms with Crippen LogP contribution in [0.25, 0.3) is 10.9 Å². The van der Waals surface area contributed by atoms with Crippen molar-refractivity contribution in [3.63, 3.8) is 0 Å². The first-order valence-electron chi connectivity index (χ1n) is 10.4. The van der Waals surface area contributed by atoms with Crippen molar-refractivity contribution in [1.82, 2.24) is 14.5 Å². The highest BCUT2D eigenvalue weighted by atomic mass is 16.5. The minimum absolute atomic E-state index is 0.154. The molecule has 164 valence electrons. The molecule has 0 saturated carbocycles. The number of amides is 1. The molecule has 1 fully saturated rings. The van der Waals surface area contributed by atoms with Crippen LogP contribution in [-0.2, 0) is 11.8 Å². The third kappa shape index (κ3) is 4.21. The average molecular weight is 432 g/mol. The number of carbonyl (C=O) groups excluding carboxylic acids is 1. The normalized spacial score (nSPS) is 15.8. The fourth-order valence-corrected chi connectivity index (χ4v) is 4.06. The lowest BCUT2D eigenvalue weighted by atomic mass is 10.1. The van der Waals surface area contributed by atoms with E-state index in [1.807, 2.05) is 31.3 Å². The van der Waals surface area contributed by atoms with E-state index in [2.05, 4.69) is 42.7 Å². The van der Waals surface area contributed by atoms with Gasteiger partial charge in [0.05, 0.1) is 13.3 Å². The standard InChI is InChI=1S/C23H25N7O2/c1-4-20(31)26-17-7-8-19-15(10-17)11-21(29(19)2)30-9-5-6-18(14-30)27-23-25-13-16(12-24)22(28-23)32-3/h4,7-8,10-11,13,18H,1,5-6,9,14H2,2-3H3,(H,26,31)(H,25,27,28)/t18-/m1/s1. The van der Waals surface area contributed by atoms with Crippen molar-refractivity contribution in [2.45, 2.75) is 18.9 Å². The Labute approximate surface area is 186 Å². The Hall–Kier alpha value is -4.06. The number of nitrogens with one attached hydrogen (secondary N) is 2. The van der Waals surface area contributed by atoms with E-state index in [1.54, 1.807) is 0 Å². The summed E-state index contributed by atoms with van der Waals surface area (Å²) in [5.74, 6) is 1.60. The Morgan fingerprint density at radius 2 is 2.25 bits per heavy atom. The van der Waals surface area contributed by atoms with Gasteiger partial charge in [-0.15, -0.1) is 0 Å². The molecule has 9 nitrogen and oxygen atoms in total. The lowest BCUT2D eigenvalue weighted by Crippen LogP contribution is -2.43. The van der Waals surface area contributed by atoms with Gasteiger partial charge in [-0.2, -0.15) is 10.2 Å². The number of hydrogen-bond donors (Lipinski definition) is 2. The Bertz CT molecular complexity index is 1210. The Morgan fingerprint density at radius 1 is 1.41 bits per heavy atom. The molecule has 0 aliphatic carbocycles. The fourth-order valence-electron chi connectivity index (χ4n) is 4.06. The van der Waals surface area contributed by atoms with Gasteiger partial charge in [0.25, 0.3) is 0 Å². The predicted octanol–water partition coefficient (Wildman–Crippen LogP) is 3.05. The van der Waals surface area contributed by atoms with Gasteiger partial charge in [-0.1, -0.05) is 6.58 Å². The first kappa shape index (κ1) is 21.2. The van der Waals surface area contributed by atoms with Crippen molar-refractivity contribution in [1.29, 1.82) is 5.26 Å². The number of rotatable bonds is 6. The summed E-state index contributed by atoms with van der Waals surface area (Å²) in [6.45, 7) is 5.23. The van der Waals surface area contributed by atoms with E-state index in [9.17, 15) is 4.79 Å². The number of piperidine rings is 1. The Balaban J connectivity index is 1.53. The minimum atomic E-state index is -0.230. The topological polar surface area (TPSA) is 108 Å². The van der Waals surface area contributed by atoms with E-state index >= 15 is 0 Å². The zero-order valence-electron chi connectivity index (χ0n) is 18.1. The molecule has 9 heteroatoms. The molecule has 0 unspecified atom stereocenters. The predicted molar refractivity (Wildman–Crippen MR) is 124 cm³/mol. The largest absolute Gasteiger partial charge is 0.480 e. The molecule has 2 aromatic heterocycles. The number of nitrogens with zero attached hydrogens (tertiary/aromatic N) is 5. The maximum Gasteiger partial charge on any atom is 0.247 e. The van der Waals surface area contributed by atoms with Gasteiger partial charge in [0.15, 0.2) is 0 Å². The molecular formula is C23H25N7O2. The Kier molecular flexibility index (Phi) is 5.94. The van der Waals surface area contributed by atoms with Gasteiger partial charge in [-0.25, -0.2) is 4.98 Å². The second-order valence-electron chi connectivity index (χ2n) is 7.69. The monoisotopic (exact) mass is 431 g/mol. The van der Waals surface area contributed by atoms with Crippen LogP contribution in [0.5, 0.6) is 5.88 Å². The summed E-state index contributed by atoms with van der Waals surface area (Å²) in [5.41, 5.74) is 2.14. The summed E-state index contributed by atoms with van der Waals surface area (Å²) in [4.78, 5) is 22.5. The highest BCUT2D eigenvalue weighted by molar-refractivity contribution is 6.00. The minimum Gasteiger partial charge on any atom is -0.480 e. The lowest BCUT2D eigenvalue weighted by molar-refractivity contribution is -0.111. The molecule has 1 saturated heterocycles. The molecule has 3 heterocycles. The van der Waals surface area contributed by atoms with Crippen molar-refractivity contribution in [2.24, 2.45) is 7.05 Å². The highest BCUT2D eigenvalue weighted by Crippen LogP contribution is 2.30. The molecule has 32 heavy (non-hydrogen) atoms. The van der Waals surface area contributed by atoms with Crippen molar-refractivity contribution in [3.05, 3.63) is 48.7 Å². The van der Waals surface area contributed by atoms with Crippen LogP contribution < -0.4 is 20.3 Å². The zero-order valence-corrected chi connectivity index (χ0v) is 18.1. The number of aromatic nitrogens is 3. The molecule has 1 atom stereocenters. The molecule has 2 N–H and O–H groups in total. The SMILES string of the molecule is C=CC(=O)Nc1ccc2c(c1)cc(N1CCC[C@@H](Nc3ncc(C#N)c(OC)n3)C1)n2C. The van der Waals surface area contributed by atoms with Crippen LogP contribution in [0, 0.1) is 11.3 Å². The number of carbonyl (C=O) groups is 1. The van der Waals surface area contributed by atoms with Crippen molar-refractivity contribution < 1.29 is 9.53 Å². The molecule has 4 rings (SSSR count). The third-order valence-electron chi connectivity index (χ3n) is 5.62. The summed E-state index contributed by atoms with van der Waals surface area (Å²) in [7, 11) is 3.54. The summed E-state index contributed by atoms with van der Waals surface area (Å²) in [6, 6.07) is 10.2. The van der Waals surface area contributed by atoms with Crippen LogP contribution >= 0.6 is 0 Å². The second kappa shape index (κ2) is 8.98. The maximum atomic E-state index is 11.6. The molecule has 0 bridgehead atoms. The smallest absolute Gasteiger partial charge is 0.247 e. The van der Waals surface area contributed by atoms with Gasteiger partial charge in [0.1, 0.15) is 17.5 Å². The first-order chi connectivity index (χ1) is 15.5. The van der Waals surface area contributed by atoms with E-state index in [-0.39, 0.29) is 17.8 Å². The molecule has 1 aromatic carbocycles. The van der Waals surface area contributed by atoms with Crippen molar-refractivity contribution in [3.8, 4) is 11.9 Å². The number of methoxy groups -OCH3 is 1. The van der Waals surface area contributed by atoms with E-state index < -0.39 is 0 Å². The van der Waals surface area contributed by atoms with Crippen LogP contribution in [0.1, 0.15) is 18.4 Å². The molecule has 0 spiro atoms. The van der Waals surface area contributed by atoms with Crippen LogP contribution in [0.3, 0.4) is 0 Å². The summed E-state index contributed by atoms with van der Waals surface area (Å²) < 4.78 is 7.35. The number of ether oxygens (including phenoxy) is 1. The molecule has 1 amide bonds. The number of aryl methyl sites for hydroxylation is 1. The highest BCUT2D eigenvalue weighted by Gasteiger charge is 2.23. The van der Waals surface area contributed by atoms with E-state index in [0.29, 0.717) is 11.5 Å². The van der Waals surface area contributed by atoms with E-state index in [1.165, 1.54) is 19.4 Å². The number of anilines is 3. The third-order valence-corrected chi connectivity index (χ3v) is 5.62. The molecular weight excluding hydrogens is 406 g/mol. The summed E-state index contributed by atoms with van der Waals surface area (Å²) >= 11 is 0. The number of hydrogen-bond acceptors (Lipinski definition) is 7. The molecule has 0 radical (unpaired) electrons. The summed E-state index contributed by atoms with van der Waals surface area (Å²) in [5, 5.41) is 16.4. The lowest BCUT2D eigenvalue weighted by Gasteiger charge is -2.34. The van der Waals surface area contributed by atoms with Crippen LogP contribution in [-0.4, -0.2) is 46.7 Å². The van der Waals surface area contributed by atoms with Crippen LogP contribution in [0.15, 0.2) is 43.1 Å². The maximum absolute atomic E-state index is 11.6. The van der Waals surface area contributed by atoms with Gasteiger partial charge in [0, 0.05) is 42.8 Å². The van der Waals surface area contributed by atoms with Crippen molar-refractivity contribution in [2.75, 3.05) is 35.7 Å². The number of nitriles is 1. The van der Waals surface area contributed by atoms with E-state index in [4.69, 9.17) is 10.00 Å². The van der Waals surface area contributed by atoms with Crippen molar-refractivity contribution >= 4 is 34.3 Å². The molecule has 3 aromatic rings. The van der Waals surface area contributed by atoms with Gasteiger partial charge in [-0.3, -0.25) is 4.79 Å². The van der Waals surface area contributed by atoms with Gasteiger partial charge in [-0.05, 0) is 43.2 Å². The molecule has 1 aliphatic heterocycles. The van der Waals surface area contributed by atoms with E-state index in [0.717, 1.165) is 48.3 Å². The van der Waals surface area contributed by atoms with Crippen LogP contribution in [0.2, 0.25) is 0 Å². The molecule has 1 aliphatic rings. The second-order valence-corrected chi connectivity index (χ2v) is 7.69. The van der Waals surface area contributed by atoms with Gasteiger partial charge < -0.3 is 24.8 Å². The zero-order chi connectivity index (χ0) is 22.7. The average Bonchev–Trinajstić information content (AvgIpc) is 3.14. The first-order valence-corrected chi connectivity index (χ1v) is 10.4. The summed E-state index contributed by atoms with van der Waals surface area (Å²) in [6.07, 6.45) is 4.74. The number of fused-ring (bicyclic) bond motifs is 1. The van der Waals surface area contributed by atoms with Gasteiger partial charge >= 0.3 is 0 Å².